The van der Waals surface area contributed by atoms with E-state index in [-0.39, 0.29) is 6.54 Å². The zero-order valence-electron chi connectivity index (χ0n) is 15.8. The number of ketones is 1. The summed E-state index contributed by atoms with van der Waals surface area (Å²) in [4.78, 5) is 38.3. The van der Waals surface area contributed by atoms with Gasteiger partial charge in [-0.2, -0.15) is 0 Å². The van der Waals surface area contributed by atoms with Gasteiger partial charge in [-0.15, -0.1) is 0 Å². The van der Waals surface area contributed by atoms with Crippen LogP contribution in [0.1, 0.15) is 12.0 Å². The third-order valence-corrected chi connectivity index (χ3v) is 5.50. The lowest BCUT2D eigenvalue weighted by molar-refractivity contribution is -0.139. The summed E-state index contributed by atoms with van der Waals surface area (Å²) in [5.41, 5.74) is 1.56. The number of carbonyl (C=O) groups excluding carboxylic acids is 3. The molecule has 2 aromatic carbocycles. The van der Waals surface area contributed by atoms with Crippen molar-refractivity contribution in [2.45, 2.75) is 12.8 Å². The number of Topliss-reactive ketones (excluding diaryl/α,β-unsaturated/α-hetero) is 1. The number of hydrogen-bond donors (Lipinski definition) is 1. The third kappa shape index (κ3) is 4.89. The number of rotatable bonds is 7. The van der Waals surface area contributed by atoms with Crippen LogP contribution in [0.25, 0.3) is 0 Å². The standard InChI is InChI=1S/C21H20Cl2N2O4/c1-29-15-7-5-14(6-8-15)25-12-16(19(26)21(25)28)20(27)24-10-2-3-13-4-9-17(22)18(23)11-13/h4-9,11,16H,2-3,10,12H2,1H3,(H,24,27). The highest BCUT2D eigenvalue weighted by molar-refractivity contribution is 6.47. The molecule has 0 saturated carbocycles. The molecule has 3 rings (SSSR count). The highest BCUT2D eigenvalue weighted by Gasteiger charge is 2.43. The van der Waals surface area contributed by atoms with Crippen LogP contribution in [0.3, 0.4) is 0 Å². The van der Waals surface area contributed by atoms with Crippen molar-refractivity contribution in [2.24, 2.45) is 5.92 Å². The number of benzene rings is 2. The van der Waals surface area contributed by atoms with Crippen LogP contribution in [-0.4, -0.2) is 37.8 Å². The van der Waals surface area contributed by atoms with E-state index in [9.17, 15) is 14.4 Å². The van der Waals surface area contributed by atoms with Gasteiger partial charge in [-0.25, -0.2) is 0 Å². The zero-order chi connectivity index (χ0) is 21.0. The molecule has 2 aromatic rings. The van der Waals surface area contributed by atoms with E-state index in [4.69, 9.17) is 27.9 Å². The fourth-order valence-electron chi connectivity index (χ4n) is 3.14. The topological polar surface area (TPSA) is 75.7 Å². The van der Waals surface area contributed by atoms with Crippen molar-refractivity contribution in [1.29, 1.82) is 0 Å². The summed E-state index contributed by atoms with van der Waals surface area (Å²) in [7, 11) is 1.54. The van der Waals surface area contributed by atoms with Crippen LogP contribution in [-0.2, 0) is 20.8 Å². The molecule has 1 heterocycles. The summed E-state index contributed by atoms with van der Waals surface area (Å²) in [6, 6.07) is 12.2. The van der Waals surface area contributed by atoms with Gasteiger partial charge in [0.1, 0.15) is 11.7 Å². The van der Waals surface area contributed by atoms with Crippen molar-refractivity contribution in [3.63, 3.8) is 0 Å². The lowest BCUT2D eigenvalue weighted by Gasteiger charge is -2.16. The zero-order valence-corrected chi connectivity index (χ0v) is 17.3. The first-order valence-corrected chi connectivity index (χ1v) is 9.87. The first kappa shape index (κ1) is 21.1. The summed E-state index contributed by atoms with van der Waals surface area (Å²) < 4.78 is 5.09. The Morgan fingerprint density at radius 2 is 1.86 bits per heavy atom. The Morgan fingerprint density at radius 1 is 1.14 bits per heavy atom. The Labute approximate surface area is 178 Å². The second-order valence-electron chi connectivity index (χ2n) is 6.67. The van der Waals surface area contributed by atoms with Gasteiger partial charge in [0.15, 0.2) is 0 Å². The number of aryl methyl sites for hydroxylation is 1. The largest absolute Gasteiger partial charge is 0.497 e. The number of halogens is 2. The van der Waals surface area contributed by atoms with E-state index in [2.05, 4.69) is 5.32 Å². The van der Waals surface area contributed by atoms with E-state index < -0.39 is 23.5 Å². The van der Waals surface area contributed by atoms with Crippen molar-refractivity contribution in [3.05, 3.63) is 58.1 Å². The molecule has 1 aliphatic rings. The van der Waals surface area contributed by atoms with Gasteiger partial charge in [0, 0.05) is 18.8 Å². The van der Waals surface area contributed by atoms with Crippen LogP contribution in [0.5, 0.6) is 5.75 Å². The quantitative estimate of drug-likeness (QED) is 0.412. The molecule has 1 atom stereocenters. The Morgan fingerprint density at radius 3 is 2.52 bits per heavy atom. The minimum Gasteiger partial charge on any atom is -0.497 e. The minimum atomic E-state index is -1.01. The van der Waals surface area contributed by atoms with Crippen LogP contribution >= 0.6 is 23.2 Å². The maximum absolute atomic E-state index is 12.4. The molecule has 1 N–H and O–H groups in total. The first-order valence-electron chi connectivity index (χ1n) is 9.12. The summed E-state index contributed by atoms with van der Waals surface area (Å²) >= 11 is 11.9. The molecule has 2 amide bonds. The van der Waals surface area contributed by atoms with Crippen LogP contribution < -0.4 is 15.0 Å². The summed E-state index contributed by atoms with van der Waals surface area (Å²) in [6.07, 6.45) is 1.37. The molecule has 1 saturated heterocycles. The minimum absolute atomic E-state index is 0.0304. The van der Waals surface area contributed by atoms with Crippen LogP contribution in [0, 0.1) is 5.92 Å². The predicted octanol–water partition coefficient (Wildman–Crippen LogP) is 3.28. The molecule has 0 spiro atoms. The van der Waals surface area contributed by atoms with Crippen molar-refractivity contribution >= 4 is 46.5 Å². The fraction of sp³-hybridized carbons (Fsp3) is 0.286. The molecule has 1 aliphatic heterocycles. The smallest absolute Gasteiger partial charge is 0.295 e. The van der Waals surface area contributed by atoms with Gasteiger partial charge in [-0.1, -0.05) is 29.3 Å². The number of methoxy groups -OCH3 is 1. The Balaban J connectivity index is 1.53. The molecule has 6 nitrogen and oxygen atoms in total. The van der Waals surface area contributed by atoms with E-state index in [1.807, 2.05) is 6.07 Å². The molecule has 1 unspecified atom stereocenters. The maximum Gasteiger partial charge on any atom is 0.295 e. The molecule has 0 bridgehead atoms. The van der Waals surface area contributed by atoms with Gasteiger partial charge >= 0.3 is 0 Å². The normalized spacial score (nSPS) is 16.2. The van der Waals surface area contributed by atoms with Gasteiger partial charge in [0.05, 0.1) is 17.2 Å². The van der Waals surface area contributed by atoms with Gasteiger partial charge in [0.25, 0.3) is 5.91 Å². The second kappa shape index (κ2) is 9.29. The molecule has 8 heteroatoms. The Kier molecular flexibility index (Phi) is 6.77. The number of amides is 2. The van der Waals surface area contributed by atoms with Crippen molar-refractivity contribution in [1.82, 2.24) is 5.32 Å². The number of hydrogen-bond acceptors (Lipinski definition) is 4. The van der Waals surface area contributed by atoms with Crippen LogP contribution in [0.2, 0.25) is 10.0 Å². The number of carbonyl (C=O) groups is 3. The molecule has 0 aliphatic carbocycles. The van der Waals surface area contributed by atoms with Crippen LogP contribution in [0.15, 0.2) is 42.5 Å². The van der Waals surface area contributed by atoms with Gasteiger partial charge in [-0.05, 0) is 54.8 Å². The average Bonchev–Trinajstić information content (AvgIpc) is 3.03. The monoisotopic (exact) mass is 434 g/mol. The molecule has 0 radical (unpaired) electrons. The van der Waals surface area contributed by atoms with Crippen molar-refractivity contribution < 1.29 is 19.1 Å². The summed E-state index contributed by atoms with van der Waals surface area (Å²) in [5.74, 6) is -2.17. The SMILES string of the molecule is COc1ccc(N2CC(C(=O)NCCCc3ccc(Cl)c(Cl)c3)C(=O)C2=O)cc1. The molecular weight excluding hydrogens is 415 g/mol. The fourth-order valence-corrected chi connectivity index (χ4v) is 3.46. The van der Waals surface area contributed by atoms with Gasteiger partial charge in [0.2, 0.25) is 11.7 Å². The second-order valence-corrected chi connectivity index (χ2v) is 7.49. The highest BCUT2D eigenvalue weighted by Crippen LogP contribution is 2.25. The van der Waals surface area contributed by atoms with E-state index in [0.717, 1.165) is 5.56 Å². The Hall–Kier alpha value is -2.57. The van der Waals surface area contributed by atoms with Crippen LogP contribution in [0.4, 0.5) is 5.69 Å². The average molecular weight is 435 g/mol. The van der Waals surface area contributed by atoms with E-state index >= 15 is 0 Å². The maximum atomic E-state index is 12.4. The summed E-state index contributed by atoms with van der Waals surface area (Å²) in [6.45, 7) is 0.419. The highest BCUT2D eigenvalue weighted by atomic mass is 35.5. The molecule has 152 valence electrons. The first-order chi connectivity index (χ1) is 13.9. The lowest BCUT2D eigenvalue weighted by Crippen LogP contribution is -2.36. The molecule has 29 heavy (non-hydrogen) atoms. The van der Waals surface area contributed by atoms with E-state index in [0.29, 0.717) is 40.9 Å². The lowest BCUT2D eigenvalue weighted by atomic mass is 10.1. The van der Waals surface area contributed by atoms with Crippen molar-refractivity contribution in [3.8, 4) is 5.75 Å². The molecule has 0 aromatic heterocycles. The molecular formula is C21H20Cl2N2O4. The molecule has 1 fully saturated rings. The number of ether oxygens (including phenoxy) is 1. The van der Waals surface area contributed by atoms with E-state index in [1.165, 1.54) is 4.90 Å². The number of nitrogens with zero attached hydrogens (tertiary/aromatic N) is 1. The van der Waals surface area contributed by atoms with Crippen molar-refractivity contribution in [2.75, 3.05) is 25.1 Å². The van der Waals surface area contributed by atoms with E-state index in [1.54, 1.807) is 43.5 Å². The Bertz CT molecular complexity index is 931. The summed E-state index contributed by atoms with van der Waals surface area (Å²) in [5, 5.41) is 3.73. The van der Waals surface area contributed by atoms with Gasteiger partial charge < -0.3 is 15.0 Å². The van der Waals surface area contributed by atoms with Gasteiger partial charge in [-0.3, -0.25) is 14.4 Å². The number of nitrogens with one attached hydrogen (secondary N) is 1. The predicted molar refractivity (Wildman–Crippen MR) is 112 cm³/mol. The number of anilines is 1. The third-order valence-electron chi connectivity index (χ3n) is 4.76.